The molecule has 16 heavy (non-hydrogen) atoms. The number of nitrogens with one attached hydrogen (secondary N) is 1. The molecule has 0 radical (unpaired) electrons. The molecule has 0 heterocycles. The van der Waals surface area contributed by atoms with Crippen molar-refractivity contribution in [2.45, 2.75) is 19.8 Å². The molecular formula is C10H20N2O4. The summed E-state index contributed by atoms with van der Waals surface area (Å²) in [6.07, 6.45) is 0.888. The van der Waals surface area contributed by atoms with Gasteiger partial charge in [-0.25, -0.2) is 0 Å². The standard InChI is InChI=1S/C10H20N2O4/c1-2-16-10(14)4-3-6-12-9(13)8-15-7-5-11/h2-8,11H2,1H3,(H,12,13). The van der Waals surface area contributed by atoms with Gasteiger partial charge in [-0.05, 0) is 13.3 Å². The van der Waals surface area contributed by atoms with Crippen molar-refractivity contribution >= 4 is 11.9 Å². The zero-order chi connectivity index (χ0) is 12.2. The van der Waals surface area contributed by atoms with Crippen LogP contribution in [0.4, 0.5) is 0 Å². The number of carbonyl (C=O) groups is 2. The molecule has 0 aliphatic carbocycles. The first-order valence-electron chi connectivity index (χ1n) is 5.40. The van der Waals surface area contributed by atoms with Crippen molar-refractivity contribution in [3.05, 3.63) is 0 Å². The van der Waals surface area contributed by atoms with Crippen molar-refractivity contribution in [3.63, 3.8) is 0 Å². The third-order valence-electron chi connectivity index (χ3n) is 1.68. The van der Waals surface area contributed by atoms with Crippen LogP contribution in [0, 0.1) is 0 Å². The summed E-state index contributed by atoms with van der Waals surface area (Å²) in [7, 11) is 0. The predicted octanol–water partition coefficient (Wildman–Crippen LogP) is -0.579. The van der Waals surface area contributed by atoms with E-state index in [-0.39, 0.29) is 18.5 Å². The Bertz CT molecular complexity index is 209. The molecular weight excluding hydrogens is 212 g/mol. The van der Waals surface area contributed by atoms with Gasteiger partial charge in [-0.15, -0.1) is 0 Å². The minimum Gasteiger partial charge on any atom is -0.466 e. The van der Waals surface area contributed by atoms with Gasteiger partial charge in [-0.1, -0.05) is 0 Å². The first-order chi connectivity index (χ1) is 7.70. The van der Waals surface area contributed by atoms with Gasteiger partial charge in [0.05, 0.1) is 13.2 Å². The zero-order valence-electron chi connectivity index (χ0n) is 9.66. The van der Waals surface area contributed by atoms with Crippen LogP contribution in [-0.4, -0.2) is 44.8 Å². The molecule has 0 rings (SSSR count). The quantitative estimate of drug-likeness (QED) is 0.410. The second-order valence-electron chi connectivity index (χ2n) is 3.10. The van der Waals surface area contributed by atoms with Crippen LogP contribution >= 0.6 is 0 Å². The van der Waals surface area contributed by atoms with Crippen molar-refractivity contribution in [1.82, 2.24) is 5.32 Å². The zero-order valence-corrected chi connectivity index (χ0v) is 9.66. The van der Waals surface area contributed by atoms with E-state index in [1.54, 1.807) is 6.92 Å². The third-order valence-corrected chi connectivity index (χ3v) is 1.68. The van der Waals surface area contributed by atoms with Crippen LogP contribution in [0.15, 0.2) is 0 Å². The normalized spacial score (nSPS) is 9.88. The first-order valence-corrected chi connectivity index (χ1v) is 5.40. The van der Waals surface area contributed by atoms with Crippen LogP contribution in [-0.2, 0) is 19.1 Å². The average Bonchev–Trinajstić information content (AvgIpc) is 2.25. The summed E-state index contributed by atoms with van der Waals surface area (Å²) < 4.78 is 9.67. The summed E-state index contributed by atoms with van der Waals surface area (Å²) in [6.45, 7) is 3.37. The smallest absolute Gasteiger partial charge is 0.305 e. The molecule has 0 saturated carbocycles. The molecule has 0 bridgehead atoms. The van der Waals surface area contributed by atoms with Gasteiger partial charge in [0.25, 0.3) is 0 Å². The Balaban J connectivity index is 3.30. The number of esters is 1. The largest absolute Gasteiger partial charge is 0.466 e. The van der Waals surface area contributed by atoms with Crippen LogP contribution in [0.1, 0.15) is 19.8 Å². The topological polar surface area (TPSA) is 90.6 Å². The molecule has 6 nitrogen and oxygen atoms in total. The fourth-order valence-electron chi connectivity index (χ4n) is 0.993. The van der Waals surface area contributed by atoms with E-state index >= 15 is 0 Å². The van der Waals surface area contributed by atoms with Gasteiger partial charge in [0.15, 0.2) is 0 Å². The molecule has 0 aromatic rings. The maximum absolute atomic E-state index is 11.1. The maximum atomic E-state index is 11.1. The molecule has 0 spiro atoms. The summed E-state index contributed by atoms with van der Waals surface area (Å²) in [5, 5.41) is 2.63. The lowest BCUT2D eigenvalue weighted by molar-refractivity contribution is -0.143. The molecule has 0 fully saturated rings. The average molecular weight is 232 g/mol. The molecule has 0 aliphatic rings. The highest BCUT2D eigenvalue weighted by Gasteiger charge is 2.03. The van der Waals surface area contributed by atoms with Gasteiger partial charge in [0, 0.05) is 19.5 Å². The predicted molar refractivity (Wildman–Crippen MR) is 58.8 cm³/mol. The Morgan fingerprint density at radius 3 is 2.75 bits per heavy atom. The summed E-state index contributed by atoms with van der Waals surface area (Å²) >= 11 is 0. The Morgan fingerprint density at radius 2 is 2.12 bits per heavy atom. The van der Waals surface area contributed by atoms with Gasteiger partial charge < -0.3 is 20.5 Å². The van der Waals surface area contributed by atoms with Crippen LogP contribution in [0.2, 0.25) is 0 Å². The van der Waals surface area contributed by atoms with Crippen molar-refractivity contribution < 1.29 is 19.1 Å². The molecule has 6 heteroatoms. The van der Waals surface area contributed by atoms with E-state index < -0.39 is 0 Å². The second kappa shape index (κ2) is 10.4. The van der Waals surface area contributed by atoms with Crippen molar-refractivity contribution in [3.8, 4) is 0 Å². The van der Waals surface area contributed by atoms with Gasteiger partial charge in [-0.2, -0.15) is 0 Å². The third kappa shape index (κ3) is 9.42. The minimum atomic E-state index is -0.240. The molecule has 0 unspecified atom stereocenters. The van der Waals surface area contributed by atoms with Gasteiger partial charge in [-0.3, -0.25) is 9.59 Å². The Morgan fingerprint density at radius 1 is 1.38 bits per heavy atom. The van der Waals surface area contributed by atoms with E-state index in [2.05, 4.69) is 5.32 Å². The molecule has 94 valence electrons. The fraction of sp³-hybridized carbons (Fsp3) is 0.800. The van der Waals surface area contributed by atoms with Crippen LogP contribution in [0.5, 0.6) is 0 Å². The molecule has 0 aliphatic heterocycles. The number of amides is 1. The van der Waals surface area contributed by atoms with E-state index in [4.69, 9.17) is 15.2 Å². The lowest BCUT2D eigenvalue weighted by atomic mass is 10.3. The highest BCUT2D eigenvalue weighted by Crippen LogP contribution is 1.91. The molecule has 0 saturated heterocycles. The Labute approximate surface area is 95.5 Å². The summed E-state index contributed by atoms with van der Waals surface area (Å²) in [5.74, 6) is -0.437. The van der Waals surface area contributed by atoms with Crippen molar-refractivity contribution in [2.24, 2.45) is 5.73 Å². The Kier molecular flexibility index (Phi) is 9.64. The van der Waals surface area contributed by atoms with E-state index in [0.717, 1.165) is 0 Å². The second-order valence-corrected chi connectivity index (χ2v) is 3.10. The lowest BCUT2D eigenvalue weighted by Crippen LogP contribution is -2.29. The maximum Gasteiger partial charge on any atom is 0.305 e. The van der Waals surface area contributed by atoms with Crippen molar-refractivity contribution in [1.29, 1.82) is 0 Å². The SMILES string of the molecule is CCOC(=O)CCCNC(=O)COCCN. The lowest BCUT2D eigenvalue weighted by Gasteiger charge is -2.05. The highest BCUT2D eigenvalue weighted by atomic mass is 16.5. The molecule has 0 aromatic carbocycles. The fourth-order valence-corrected chi connectivity index (χ4v) is 0.993. The first kappa shape index (κ1) is 14.9. The van der Waals surface area contributed by atoms with E-state index in [9.17, 15) is 9.59 Å². The van der Waals surface area contributed by atoms with Crippen LogP contribution in [0.25, 0.3) is 0 Å². The molecule has 0 atom stereocenters. The highest BCUT2D eigenvalue weighted by molar-refractivity contribution is 5.77. The van der Waals surface area contributed by atoms with E-state index in [1.807, 2.05) is 0 Å². The van der Waals surface area contributed by atoms with Crippen LogP contribution in [0.3, 0.4) is 0 Å². The van der Waals surface area contributed by atoms with E-state index in [1.165, 1.54) is 0 Å². The monoisotopic (exact) mass is 232 g/mol. The summed E-state index contributed by atoms with van der Waals surface area (Å²) in [4.78, 5) is 22.0. The molecule has 0 aromatic heterocycles. The number of hydrogen-bond donors (Lipinski definition) is 2. The minimum absolute atomic E-state index is 0.0105. The van der Waals surface area contributed by atoms with Gasteiger partial charge in [0.2, 0.25) is 5.91 Å². The Hall–Kier alpha value is -1.14. The van der Waals surface area contributed by atoms with Crippen molar-refractivity contribution in [2.75, 3.05) is 32.9 Å². The number of nitrogens with two attached hydrogens (primary N) is 1. The van der Waals surface area contributed by atoms with Crippen LogP contribution < -0.4 is 11.1 Å². The number of hydrogen-bond acceptors (Lipinski definition) is 5. The molecule has 3 N–H and O–H groups in total. The number of rotatable bonds is 9. The van der Waals surface area contributed by atoms with Gasteiger partial charge in [0.1, 0.15) is 6.61 Å². The summed E-state index contributed by atoms with van der Waals surface area (Å²) in [5.41, 5.74) is 5.19. The van der Waals surface area contributed by atoms with Gasteiger partial charge >= 0.3 is 5.97 Å². The summed E-state index contributed by atoms with van der Waals surface area (Å²) in [6, 6.07) is 0. The molecule has 1 amide bonds. The van der Waals surface area contributed by atoms with E-state index in [0.29, 0.717) is 39.1 Å². The number of carbonyl (C=O) groups excluding carboxylic acids is 2. The number of ether oxygens (including phenoxy) is 2.